The van der Waals surface area contributed by atoms with Gasteiger partial charge in [0.25, 0.3) is 0 Å². The Hall–Kier alpha value is -1.88. The fourth-order valence-corrected chi connectivity index (χ4v) is 4.38. The number of nitrogens with zero attached hydrogens (tertiary/aromatic N) is 3. The lowest BCUT2D eigenvalue weighted by Gasteiger charge is -2.47. The summed E-state index contributed by atoms with van der Waals surface area (Å²) in [7, 11) is 0. The molecule has 5 heteroatoms. The highest BCUT2D eigenvalue weighted by Crippen LogP contribution is 2.48. The number of hydrazine groups is 1. The number of fused-ring (bicyclic) bond motifs is 3. The van der Waals surface area contributed by atoms with Crippen molar-refractivity contribution in [3.05, 3.63) is 36.2 Å². The van der Waals surface area contributed by atoms with Crippen LogP contribution >= 0.6 is 0 Å². The Kier molecular flexibility index (Phi) is 2.28. The van der Waals surface area contributed by atoms with E-state index in [0.717, 1.165) is 22.8 Å². The Morgan fingerprint density at radius 3 is 2.90 bits per heavy atom. The molecule has 1 aliphatic heterocycles. The van der Waals surface area contributed by atoms with Crippen molar-refractivity contribution in [1.82, 2.24) is 20.5 Å². The maximum Gasteiger partial charge on any atom is 0.146 e. The molecule has 3 fully saturated rings. The van der Waals surface area contributed by atoms with Crippen molar-refractivity contribution in [2.24, 2.45) is 16.8 Å². The van der Waals surface area contributed by atoms with Crippen LogP contribution in [0.2, 0.25) is 0 Å². The largest absolute Gasteiger partial charge is 0.303 e. The molecule has 5 nitrogen and oxygen atoms in total. The van der Waals surface area contributed by atoms with Crippen molar-refractivity contribution in [3.63, 3.8) is 0 Å². The van der Waals surface area contributed by atoms with E-state index in [2.05, 4.69) is 28.1 Å². The van der Waals surface area contributed by atoms with Crippen molar-refractivity contribution in [1.29, 1.82) is 0 Å². The molecule has 0 saturated heterocycles. The number of aromatic nitrogens is 2. The number of amidine groups is 1. The molecule has 0 radical (unpaired) electrons. The van der Waals surface area contributed by atoms with E-state index in [1.165, 1.54) is 32.1 Å². The van der Waals surface area contributed by atoms with E-state index >= 15 is 0 Å². The molecule has 0 unspecified atom stereocenters. The van der Waals surface area contributed by atoms with Crippen molar-refractivity contribution in [2.75, 3.05) is 0 Å². The Morgan fingerprint density at radius 1 is 1.24 bits per heavy atom. The molecular weight excluding hydrogens is 262 g/mol. The van der Waals surface area contributed by atoms with Crippen LogP contribution in [0.3, 0.4) is 0 Å². The topological polar surface area (TPSA) is 53.7 Å². The van der Waals surface area contributed by atoms with Gasteiger partial charge in [-0.2, -0.15) is 5.10 Å². The number of hydrogen-bond acceptors (Lipinski definition) is 4. The lowest BCUT2D eigenvalue weighted by atomic mass is 9.65. The Morgan fingerprint density at radius 2 is 2.14 bits per heavy atom. The van der Waals surface area contributed by atoms with Crippen LogP contribution < -0.4 is 10.9 Å². The Balaban J connectivity index is 1.54. The zero-order chi connectivity index (χ0) is 13.9. The van der Waals surface area contributed by atoms with E-state index in [9.17, 15) is 0 Å². The summed E-state index contributed by atoms with van der Waals surface area (Å²) in [4.78, 5) is 5.08. The minimum atomic E-state index is -0.0575. The van der Waals surface area contributed by atoms with Crippen molar-refractivity contribution in [2.45, 2.75) is 37.8 Å². The predicted octanol–water partition coefficient (Wildman–Crippen LogP) is 2.10. The molecule has 0 amide bonds. The fraction of sp³-hybridized carbons (Fsp3) is 0.500. The van der Waals surface area contributed by atoms with Gasteiger partial charge in [0.2, 0.25) is 0 Å². The van der Waals surface area contributed by atoms with E-state index < -0.39 is 0 Å². The molecule has 2 aromatic heterocycles. The van der Waals surface area contributed by atoms with Gasteiger partial charge in [-0.25, -0.2) is 14.9 Å². The van der Waals surface area contributed by atoms with Crippen LogP contribution in [-0.2, 0) is 0 Å². The molecule has 6 rings (SSSR count). The van der Waals surface area contributed by atoms with Gasteiger partial charge in [-0.3, -0.25) is 0 Å². The second-order valence-corrected chi connectivity index (χ2v) is 6.68. The van der Waals surface area contributed by atoms with Crippen molar-refractivity contribution >= 4 is 11.4 Å². The van der Waals surface area contributed by atoms with E-state index in [0.29, 0.717) is 5.92 Å². The average molecular weight is 281 g/mol. The SMILES string of the molecule is c1cnn2cc(C3=N[C@]4(CC5CCC4CC5)NN3)cc2c1. The number of aliphatic imine (C=N–C) groups is 1. The minimum Gasteiger partial charge on any atom is -0.303 e. The Labute approximate surface area is 123 Å². The molecule has 3 aliphatic carbocycles. The summed E-state index contributed by atoms with van der Waals surface area (Å²) in [5.74, 6) is 2.50. The average Bonchev–Trinajstić information content (AvgIpc) is 3.13. The van der Waals surface area contributed by atoms with Gasteiger partial charge in [-0.1, -0.05) is 0 Å². The molecule has 1 spiro atoms. The highest BCUT2D eigenvalue weighted by atomic mass is 15.5. The first-order valence-corrected chi connectivity index (χ1v) is 7.89. The lowest BCUT2D eigenvalue weighted by molar-refractivity contribution is 0.0506. The summed E-state index contributed by atoms with van der Waals surface area (Å²) >= 11 is 0. The zero-order valence-corrected chi connectivity index (χ0v) is 11.9. The van der Waals surface area contributed by atoms with Crippen LogP contribution in [0.25, 0.3) is 5.52 Å². The normalized spacial score (nSPS) is 34.4. The van der Waals surface area contributed by atoms with Gasteiger partial charge in [0, 0.05) is 18.0 Å². The fourth-order valence-electron chi connectivity index (χ4n) is 4.38. The quantitative estimate of drug-likeness (QED) is 0.841. The zero-order valence-electron chi connectivity index (χ0n) is 11.9. The first kappa shape index (κ1) is 11.7. The van der Waals surface area contributed by atoms with Gasteiger partial charge in [-0.05, 0) is 62.1 Å². The summed E-state index contributed by atoms with van der Waals surface area (Å²) < 4.78 is 1.90. The first-order chi connectivity index (χ1) is 10.3. The van der Waals surface area contributed by atoms with Crippen molar-refractivity contribution in [3.8, 4) is 0 Å². The highest BCUT2D eigenvalue weighted by molar-refractivity contribution is 6.00. The van der Waals surface area contributed by atoms with Crippen molar-refractivity contribution < 1.29 is 0 Å². The smallest absolute Gasteiger partial charge is 0.146 e. The second-order valence-electron chi connectivity index (χ2n) is 6.68. The van der Waals surface area contributed by atoms with Crippen LogP contribution in [0.5, 0.6) is 0 Å². The van der Waals surface area contributed by atoms with Gasteiger partial charge >= 0.3 is 0 Å². The van der Waals surface area contributed by atoms with Crippen LogP contribution in [-0.4, -0.2) is 21.1 Å². The maximum atomic E-state index is 5.08. The standard InChI is InChI=1S/C16H19N5/c1-2-14-8-12(10-21(14)17-7-1)15-18-16(20-19-15)9-11-3-5-13(16)6-4-11/h1-2,7-8,10-11,13,20H,3-6,9H2,(H,18,19)/t11?,13?,16-/m1/s1. The maximum absolute atomic E-state index is 5.08. The van der Waals surface area contributed by atoms with Crippen LogP contribution in [0, 0.1) is 11.8 Å². The van der Waals surface area contributed by atoms with E-state index in [1.807, 2.05) is 16.8 Å². The van der Waals surface area contributed by atoms with Gasteiger partial charge < -0.3 is 5.43 Å². The molecule has 0 aromatic carbocycles. The molecule has 1 atom stereocenters. The molecule has 3 saturated carbocycles. The summed E-state index contributed by atoms with van der Waals surface area (Å²) in [6, 6.07) is 6.17. The van der Waals surface area contributed by atoms with Gasteiger partial charge in [0.05, 0.1) is 5.52 Å². The summed E-state index contributed by atoms with van der Waals surface area (Å²) in [5.41, 5.74) is 9.00. The third-order valence-electron chi connectivity index (χ3n) is 5.48. The molecule has 108 valence electrons. The molecular formula is C16H19N5. The highest BCUT2D eigenvalue weighted by Gasteiger charge is 2.49. The predicted molar refractivity (Wildman–Crippen MR) is 80.8 cm³/mol. The number of hydrogen-bond donors (Lipinski definition) is 2. The first-order valence-electron chi connectivity index (χ1n) is 7.89. The monoisotopic (exact) mass is 281 g/mol. The third kappa shape index (κ3) is 1.67. The molecule has 2 bridgehead atoms. The number of rotatable bonds is 1. The Bertz CT molecular complexity index is 692. The third-order valence-corrected chi connectivity index (χ3v) is 5.48. The van der Waals surface area contributed by atoms with E-state index in [-0.39, 0.29) is 5.66 Å². The number of nitrogens with one attached hydrogen (secondary N) is 2. The molecule has 2 aromatic rings. The lowest BCUT2D eigenvalue weighted by Crippen LogP contribution is -2.56. The van der Waals surface area contributed by atoms with Gasteiger partial charge in [0.15, 0.2) is 0 Å². The van der Waals surface area contributed by atoms with E-state index in [1.54, 1.807) is 6.20 Å². The van der Waals surface area contributed by atoms with Gasteiger partial charge in [-0.15, -0.1) is 0 Å². The molecule has 3 heterocycles. The van der Waals surface area contributed by atoms with E-state index in [4.69, 9.17) is 4.99 Å². The van der Waals surface area contributed by atoms with Gasteiger partial charge in [0.1, 0.15) is 11.5 Å². The minimum absolute atomic E-state index is 0.0575. The summed E-state index contributed by atoms with van der Waals surface area (Å²) in [6.07, 6.45) is 10.4. The molecule has 4 aliphatic rings. The summed E-state index contributed by atoms with van der Waals surface area (Å²) in [6.45, 7) is 0. The molecule has 2 N–H and O–H groups in total. The second kappa shape index (κ2) is 4.07. The van der Waals surface area contributed by atoms with Crippen LogP contribution in [0.15, 0.2) is 35.6 Å². The summed E-state index contributed by atoms with van der Waals surface area (Å²) in [5, 5.41) is 4.33. The van der Waals surface area contributed by atoms with Crippen LogP contribution in [0.1, 0.15) is 37.7 Å². The van der Waals surface area contributed by atoms with Crippen LogP contribution in [0.4, 0.5) is 0 Å². The molecule has 21 heavy (non-hydrogen) atoms.